The average Bonchev–Trinajstić information content (AvgIpc) is 3.30. The molecule has 0 spiro atoms. The predicted molar refractivity (Wildman–Crippen MR) is 130 cm³/mol. The van der Waals surface area contributed by atoms with Crippen LogP contribution >= 0.6 is 27.3 Å². The highest BCUT2D eigenvalue weighted by Gasteiger charge is 2.26. The van der Waals surface area contributed by atoms with Gasteiger partial charge in [-0.05, 0) is 54.6 Å². The van der Waals surface area contributed by atoms with Crippen LogP contribution in [0.15, 0.2) is 76.6 Å². The molecule has 0 aliphatic heterocycles. The molecule has 1 unspecified atom stereocenters. The van der Waals surface area contributed by atoms with E-state index in [1.807, 2.05) is 78.7 Å². The smallest absolute Gasteiger partial charge is 0.254 e. The van der Waals surface area contributed by atoms with E-state index in [1.165, 1.54) is 0 Å². The van der Waals surface area contributed by atoms with Gasteiger partial charge in [0.25, 0.3) is 5.91 Å². The number of halogens is 1. The van der Waals surface area contributed by atoms with Crippen LogP contribution in [0.25, 0.3) is 0 Å². The van der Waals surface area contributed by atoms with Crippen LogP contribution in [0.2, 0.25) is 0 Å². The Bertz CT molecular complexity index is 975. The zero-order chi connectivity index (χ0) is 22.2. The number of thiophene rings is 1. The molecule has 1 atom stereocenters. The molecule has 0 bridgehead atoms. The van der Waals surface area contributed by atoms with Gasteiger partial charge in [-0.25, -0.2) is 0 Å². The molecule has 162 valence electrons. The number of carbonyl (C=O) groups is 2. The van der Waals surface area contributed by atoms with Crippen LogP contribution in [0.1, 0.15) is 41.1 Å². The fourth-order valence-corrected chi connectivity index (χ4v) is 4.26. The van der Waals surface area contributed by atoms with E-state index in [0.29, 0.717) is 18.7 Å². The van der Waals surface area contributed by atoms with Crippen molar-refractivity contribution >= 4 is 39.1 Å². The van der Waals surface area contributed by atoms with Crippen molar-refractivity contribution < 1.29 is 9.59 Å². The van der Waals surface area contributed by atoms with E-state index in [2.05, 4.69) is 15.9 Å². The van der Waals surface area contributed by atoms with E-state index in [-0.39, 0.29) is 24.4 Å². The number of rotatable bonds is 9. The van der Waals surface area contributed by atoms with Crippen molar-refractivity contribution in [1.82, 2.24) is 9.80 Å². The molecule has 31 heavy (non-hydrogen) atoms. The minimum absolute atomic E-state index is 0.0413. The molecular formula is C25H27BrN2O2S. The van der Waals surface area contributed by atoms with Crippen molar-refractivity contribution in [2.45, 2.75) is 39.4 Å². The van der Waals surface area contributed by atoms with Crippen LogP contribution in [-0.2, 0) is 17.9 Å². The molecule has 0 aliphatic rings. The van der Waals surface area contributed by atoms with E-state index >= 15 is 0 Å². The first-order chi connectivity index (χ1) is 15.0. The van der Waals surface area contributed by atoms with Crippen LogP contribution in [-0.4, -0.2) is 34.2 Å². The van der Waals surface area contributed by atoms with Gasteiger partial charge in [-0.1, -0.05) is 59.3 Å². The highest BCUT2D eigenvalue weighted by atomic mass is 79.9. The van der Waals surface area contributed by atoms with Crippen molar-refractivity contribution in [2.75, 3.05) is 6.54 Å². The van der Waals surface area contributed by atoms with Crippen LogP contribution in [0, 0.1) is 0 Å². The maximum absolute atomic E-state index is 13.4. The van der Waals surface area contributed by atoms with Crippen molar-refractivity contribution in [2.24, 2.45) is 0 Å². The third kappa shape index (κ3) is 6.52. The van der Waals surface area contributed by atoms with Gasteiger partial charge in [-0.3, -0.25) is 9.59 Å². The molecule has 0 N–H and O–H groups in total. The zero-order valence-corrected chi connectivity index (χ0v) is 20.2. The Labute approximate surface area is 196 Å². The first-order valence-electron chi connectivity index (χ1n) is 10.4. The van der Waals surface area contributed by atoms with Gasteiger partial charge in [0, 0.05) is 27.5 Å². The van der Waals surface area contributed by atoms with Gasteiger partial charge in [-0.15, -0.1) is 11.3 Å². The Morgan fingerprint density at radius 1 is 0.968 bits per heavy atom. The third-order valence-corrected chi connectivity index (χ3v) is 6.67. The molecule has 1 aromatic heterocycles. The van der Waals surface area contributed by atoms with E-state index in [9.17, 15) is 9.59 Å². The summed E-state index contributed by atoms with van der Waals surface area (Å²) in [6, 6.07) is 21.2. The second kappa shape index (κ2) is 11.3. The molecule has 0 radical (unpaired) electrons. The van der Waals surface area contributed by atoms with E-state index < -0.39 is 0 Å². The van der Waals surface area contributed by atoms with Crippen LogP contribution < -0.4 is 0 Å². The highest BCUT2D eigenvalue weighted by molar-refractivity contribution is 9.10. The van der Waals surface area contributed by atoms with Gasteiger partial charge >= 0.3 is 0 Å². The number of nitrogens with zero attached hydrogens (tertiary/aromatic N) is 2. The zero-order valence-electron chi connectivity index (χ0n) is 17.8. The Kier molecular flexibility index (Phi) is 8.43. The Balaban J connectivity index is 1.81. The topological polar surface area (TPSA) is 40.6 Å². The SMILES string of the molecule is CCC(C)N(CC(=O)N(Cc1ccccc1)Cc1cccs1)C(=O)c1ccc(Br)cc1. The summed E-state index contributed by atoms with van der Waals surface area (Å²) in [4.78, 5) is 31.3. The lowest BCUT2D eigenvalue weighted by Crippen LogP contribution is -2.46. The predicted octanol–water partition coefficient (Wildman–Crippen LogP) is 5.98. The van der Waals surface area contributed by atoms with E-state index in [0.717, 1.165) is 21.3 Å². The first kappa shape index (κ1) is 23.2. The molecule has 2 aromatic carbocycles. The maximum Gasteiger partial charge on any atom is 0.254 e. The maximum atomic E-state index is 13.4. The van der Waals surface area contributed by atoms with Crippen LogP contribution in [0.3, 0.4) is 0 Å². The Morgan fingerprint density at radius 3 is 2.29 bits per heavy atom. The quantitative estimate of drug-likeness (QED) is 0.364. The highest BCUT2D eigenvalue weighted by Crippen LogP contribution is 2.18. The first-order valence-corrected chi connectivity index (χ1v) is 12.1. The normalized spacial score (nSPS) is 11.7. The minimum Gasteiger partial charge on any atom is -0.332 e. The summed E-state index contributed by atoms with van der Waals surface area (Å²) in [5.41, 5.74) is 1.66. The van der Waals surface area contributed by atoms with Crippen LogP contribution in [0.4, 0.5) is 0 Å². The lowest BCUT2D eigenvalue weighted by atomic mass is 10.1. The molecule has 0 fully saturated rings. The van der Waals surface area contributed by atoms with E-state index in [4.69, 9.17) is 0 Å². The number of amides is 2. The molecule has 1 heterocycles. The standard InChI is InChI=1S/C25H27BrN2O2S/c1-3-19(2)28(25(30)21-11-13-22(26)14-12-21)18-24(29)27(17-23-10-7-15-31-23)16-20-8-5-4-6-9-20/h4-15,19H,3,16-18H2,1-2H3. The lowest BCUT2D eigenvalue weighted by Gasteiger charge is -2.31. The summed E-state index contributed by atoms with van der Waals surface area (Å²) in [7, 11) is 0. The molecule has 4 nitrogen and oxygen atoms in total. The third-order valence-electron chi connectivity index (χ3n) is 5.28. The molecule has 0 saturated heterocycles. The largest absolute Gasteiger partial charge is 0.332 e. The fourth-order valence-electron chi connectivity index (χ4n) is 3.28. The summed E-state index contributed by atoms with van der Waals surface area (Å²) in [5.74, 6) is -0.172. The molecule has 6 heteroatoms. The summed E-state index contributed by atoms with van der Waals surface area (Å²) in [5, 5.41) is 2.02. The average molecular weight is 499 g/mol. The van der Waals surface area contributed by atoms with Gasteiger partial charge in [-0.2, -0.15) is 0 Å². The minimum atomic E-state index is -0.119. The van der Waals surface area contributed by atoms with Crippen molar-refractivity contribution in [3.8, 4) is 0 Å². The second-order valence-corrected chi connectivity index (χ2v) is 9.46. The summed E-state index contributed by atoms with van der Waals surface area (Å²) in [6.07, 6.45) is 0.777. The number of carbonyl (C=O) groups excluding carboxylic acids is 2. The Hall–Kier alpha value is -2.44. The van der Waals surface area contributed by atoms with Gasteiger partial charge < -0.3 is 9.80 Å². The van der Waals surface area contributed by atoms with Gasteiger partial charge in [0.2, 0.25) is 5.91 Å². The van der Waals surface area contributed by atoms with Crippen molar-refractivity contribution in [1.29, 1.82) is 0 Å². The fraction of sp³-hybridized carbons (Fsp3) is 0.280. The van der Waals surface area contributed by atoms with E-state index in [1.54, 1.807) is 28.4 Å². The lowest BCUT2D eigenvalue weighted by molar-refractivity contribution is -0.133. The number of hydrogen-bond donors (Lipinski definition) is 0. The molecule has 2 amide bonds. The molecule has 3 rings (SSSR count). The van der Waals surface area contributed by atoms with Crippen molar-refractivity contribution in [3.05, 3.63) is 92.6 Å². The second-order valence-electron chi connectivity index (χ2n) is 7.51. The molecular weight excluding hydrogens is 472 g/mol. The monoisotopic (exact) mass is 498 g/mol. The van der Waals surface area contributed by atoms with Gasteiger partial charge in [0.05, 0.1) is 6.54 Å². The van der Waals surface area contributed by atoms with Crippen LogP contribution in [0.5, 0.6) is 0 Å². The summed E-state index contributed by atoms with van der Waals surface area (Å²) in [6.45, 7) is 5.13. The molecule has 0 saturated carbocycles. The number of hydrogen-bond acceptors (Lipinski definition) is 3. The van der Waals surface area contributed by atoms with Crippen molar-refractivity contribution in [3.63, 3.8) is 0 Å². The Morgan fingerprint density at radius 2 is 1.68 bits per heavy atom. The van der Waals surface area contributed by atoms with Gasteiger partial charge in [0.1, 0.15) is 6.54 Å². The number of benzene rings is 2. The van der Waals surface area contributed by atoms with Gasteiger partial charge in [0.15, 0.2) is 0 Å². The molecule has 0 aliphatic carbocycles. The summed E-state index contributed by atoms with van der Waals surface area (Å²) >= 11 is 5.04. The molecule has 3 aromatic rings. The summed E-state index contributed by atoms with van der Waals surface area (Å²) < 4.78 is 0.917.